The Bertz CT molecular complexity index is 440. The Hall–Kier alpha value is -1.50. The first kappa shape index (κ1) is 17.6. The summed E-state index contributed by atoms with van der Waals surface area (Å²) in [7, 11) is 1.61. The van der Waals surface area contributed by atoms with E-state index in [-0.39, 0.29) is 10.9 Å². The minimum absolute atomic E-state index is 0.165. The smallest absolute Gasteiger partial charge is 0.230 e. The lowest BCUT2D eigenvalue weighted by molar-refractivity contribution is -0.123. The first-order valence-corrected chi connectivity index (χ1v) is 7.23. The van der Waals surface area contributed by atoms with E-state index in [1.165, 1.54) is 0 Å². The summed E-state index contributed by atoms with van der Waals surface area (Å²) < 4.78 is 10.1. The van der Waals surface area contributed by atoms with Crippen LogP contribution in [0.15, 0.2) is 30.3 Å². The van der Waals surface area contributed by atoms with Crippen molar-refractivity contribution in [3.05, 3.63) is 35.9 Å². The maximum absolute atomic E-state index is 12.1. The van der Waals surface area contributed by atoms with Crippen molar-refractivity contribution in [3.63, 3.8) is 0 Å². The van der Waals surface area contributed by atoms with Gasteiger partial charge in [0, 0.05) is 13.7 Å². The van der Waals surface area contributed by atoms with Crippen LogP contribution in [0.4, 0.5) is 0 Å². The van der Waals surface area contributed by atoms with Crippen LogP contribution in [0.25, 0.3) is 0 Å². The lowest BCUT2D eigenvalue weighted by Gasteiger charge is -2.15. The Balaban J connectivity index is 2.38. The molecule has 0 aliphatic rings. The number of thiocarbonyl (C=S) groups is 1. The van der Waals surface area contributed by atoms with Crippen molar-refractivity contribution in [1.82, 2.24) is 5.32 Å². The molecule has 0 saturated heterocycles. The average molecular weight is 310 g/mol. The highest BCUT2D eigenvalue weighted by Gasteiger charge is 2.21. The summed E-state index contributed by atoms with van der Waals surface area (Å²) in [6.07, 6.45) is 0.506. The van der Waals surface area contributed by atoms with Gasteiger partial charge in [0.05, 0.1) is 30.7 Å². The predicted molar refractivity (Wildman–Crippen MR) is 86.1 cm³/mol. The van der Waals surface area contributed by atoms with E-state index in [0.29, 0.717) is 32.8 Å². The molecule has 0 aromatic heterocycles. The van der Waals surface area contributed by atoms with Crippen LogP contribution in [-0.2, 0) is 20.7 Å². The lowest BCUT2D eigenvalue weighted by atomic mass is 9.98. The fourth-order valence-electron chi connectivity index (χ4n) is 1.79. The first-order valence-electron chi connectivity index (χ1n) is 6.82. The Labute approximate surface area is 130 Å². The molecule has 0 bridgehead atoms. The number of rotatable bonds is 10. The summed E-state index contributed by atoms with van der Waals surface area (Å²) in [5.74, 6) is -0.664. The van der Waals surface area contributed by atoms with Gasteiger partial charge in [-0.1, -0.05) is 42.5 Å². The maximum atomic E-state index is 12.1. The average Bonchev–Trinajstić information content (AvgIpc) is 2.49. The van der Waals surface area contributed by atoms with E-state index in [1.54, 1.807) is 7.11 Å². The predicted octanol–water partition coefficient (Wildman–Crippen LogP) is 0.911. The number of methoxy groups -OCH3 is 1. The lowest BCUT2D eigenvalue weighted by Crippen LogP contribution is -2.40. The molecule has 1 aromatic carbocycles. The summed E-state index contributed by atoms with van der Waals surface area (Å²) in [6, 6.07) is 9.68. The van der Waals surface area contributed by atoms with Crippen molar-refractivity contribution in [2.45, 2.75) is 6.42 Å². The van der Waals surface area contributed by atoms with Crippen molar-refractivity contribution in [1.29, 1.82) is 0 Å². The number of hydrogen-bond donors (Lipinski definition) is 2. The number of ether oxygens (including phenoxy) is 2. The van der Waals surface area contributed by atoms with E-state index in [4.69, 9.17) is 27.4 Å². The molecule has 0 aliphatic heterocycles. The molecule has 1 amide bonds. The number of hydrogen-bond acceptors (Lipinski definition) is 4. The van der Waals surface area contributed by atoms with Crippen molar-refractivity contribution in [3.8, 4) is 0 Å². The summed E-state index contributed by atoms with van der Waals surface area (Å²) in [6.45, 7) is 1.91. The second-order valence-electron chi connectivity index (χ2n) is 4.54. The van der Waals surface area contributed by atoms with Crippen molar-refractivity contribution in [2.24, 2.45) is 11.7 Å². The van der Waals surface area contributed by atoms with Gasteiger partial charge in [0.15, 0.2) is 0 Å². The molecule has 0 radical (unpaired) electrons. The van der Waals surface area contributed by atoms with Crippen LogP contribution in [0.5, 0.6) is 0 Å². The Morgan fingerprint density at radius 1 is 1.29 bits per heavy atom. The molecule has 6 heteroatoms. The molecule has 1 atom stereocenters. The Morgan fingerprint density at radius 2 is 2.00 bits per heavy atom. The topological polar surface area (TPSA) is 73.6 Å². The highest BCUT2D eigenvalue weighted by Crippen LogP contribution is 2.09. The van der Waals surface area contributed by atoms with Gasteiger partial charge in [-0.15, -0.1) is 0 Å². The highest BCUT2D eigenvalue weighted by atomic mass is 32.1. The molecule has 0 heterocycles. The molecular formula is C15H22N2O3S. The number of nitrogens with one attached hydrogen (secondary N) is 1. The van der Waals surface area contributed by atoms with Gasteiger partial charge >= 0.3 is 0 Å². The number of nitrogens with two attached hydrogens (primary N) is 1. The molecule has 1 unspecified atom stereocenters. The Kier molecular flexibility index (Phi) is 8.57. The van der Waals surface area contributed by atoms with E-state index in [9.17, 15) is 4.79 Å². The molecule has 1 aromatic rings. The zero-order valence-electron chi connectivity index (χ0n) is 12.2. The van der Waals surface area contributed by atoms with Crippen molar-refractivity contribution in [2.75, 3.05) is 33.5 Å². The van der Waals surface area contributed by atoms with Crippen molar-refractivity contribution >= 4 is 23.1 Å². The van der Waals surface area contributed by atoms with Crippen LogP contribution in [-0.4, -0.2) is 44.4 Å². The molecule has 116 valence electrons. The first-order chi connectivity index (χ1) is 10.1. The molecule has 1 rings (SSSR count). The molecule has 0 aliphatic carbocycles. The van der Waals surface area contributed by atoms with Crippen LogP contribution >= 0.6 is 12.2 Å². The van der Waals surface area contributed by atoms with Gasteiger partial charge in [0.25, 0.3) is 0 Å². The number of carbonyl (C=O) groups is 1. The monoisotopic (exact) mass is 310 g/mol. The molecule has 3 N–H and O–H groups in total. The fraction of sp³-hybridized carbons (Fsp3) is 0.467. The van der Waals surface area contributed by atoms with E-state index in [2.05, 4.69) is 5.32 Å². The van der Waals surface area contributed by atoms with Gasteiger partial charge in [0.2, 0.25) is 5.91 Å². The SMILES string of the molecule is COCCOCCNC(=O)C(Cc1ccccc1)C(N)=S. The summed E-state index contributed by atoms with van der Waals surface area (Å²) in [5.41, 5.74) is 6.71. The number of amides is 1. The normalized spacial score (nSPS) is 11.9. The van der Waals surface area contributed by atoms with Crippen LogP contribution in [0.1, 0.15) is 5.56 Å². The van der Waals surface area contributed by atoms with Crippen LogP contribution in [0.3, 0.4) is 0 Å². The van der Waals surface area contributed by atoms with E-state index >= 15 is 0 Å². The minimum atomic E-state index is -0.499. The third-order valence-corrected chi connectivity index (χ3v) is 3.20. The summed E-state index contributed by atoms with van der Waals surface area (Å²) >= 11 is 5.00. The number of benzene rings is 1. The molecule has 5 nitrogen and oxygen atoms in total. The standard InChI is InChI=1S/C15H22N2O3S/c1-19-9-10-20-8-7-17-15(18)13(14(16)21)11-12-5-3-2-4-6-12/h2-6,13H,7-11H2,1H3,(H2,16,21)(H,17,18). The molecule has 0 spiro atoms. The largest absolute Gasteiger partial charge is 0.393 e. The molecule has 0 fully saturated rings. The zero-order chi connectivity index (χ0) is 15.5. The highest BCUT2D eigenvalue weighted by molar-refractivity contribution is 7.80. The zero-order valence-corrected chi connectivity index (χ0v) is 13.0. The van der Waals surface area contributed by atoms with Gasteiger partial charge in [0.1, 0.15) is 0 Å². The number of carbonyl (C=O) groups excluding carboxylic acids is 1. The third-order valence-electron chi connectivity index (χ3n) is 2.92. The molecule has 0 saturated carbocycles. The van der Waals surface area contributed by atoms with Crippen LogP contribution in [0.2, 0.25) is 0 Å². The van der Waals surface area contributed by atoms with E-state index in [0.717, 1.165) is 5.56 Å². The van der Waals surface area contributed by atoms with E-state index < -0.39 is 5.92 Å². The second-order valence-corrected chi connectivity index (χ2v) is 5.01. The van der Waals surface area contributed by atoms with Gasteiger partial charge in [-0.2, -0.15) is 0 Å². The van der Waals surface area contributed by atoms with Gasteiger partial charge in [-0.3, -0.25) is 4.79 Å². The van der Waals surface area contributed by atoms with Gasteiger partial charge < -0.3 is 20.5 Å². The quantitative estimate of drug-likeness (QED) is 0.496. The third kappa shape index (κ3) is 7.17. The van der Waals surface area contributed by atoms with Crippen LogP contribution < -0.4 is 11.1 Å². The molecular weight excluding hydrogens is 288 g/mol. The minimum Gasteiger partial charge on any atom is -0.393 e. The summed E-state index contributed by atoms with van der Waals surface area (Å²) in [4.78, 5) is 12.3. The van der Waals surface area contributed by atoms with Crippen molar-refractivity contribution < 1.29 is 14.3 Å². The van der Waals surface area contributed by atoms with Crippen LogP contribution in [0, 0.1) is 5.92 Å². The van der Waals surface area contributed by atoms with Gasteiger partial charge in [-0.05, 0) is 12.0 Å². The summed E-state index contributed by atoms with van der Waals surface area (Å²) in [5, 5.41) is 2.79. The maximum Gasteiger partial charge on any atom is 0.230 e. The molecule has 21 heavy (non-hydrogen) atoms. The fourth-order valence-corrected chi connectivity index (χ4v) is 1.98. The second kappa shape index (κ2) is 10.3. The van der Waals surface area contributed by atoms with Gasteiger partial charge in [-0.25, -0.2) is 0 Å². The Morgan fingerprint density at radius 3 is 2.62 bits per heavy atom. The van der Waals surface area contributed by atoms with E-state index in [1.807, 2.05) is 30.3 Å².